The van der Waals surface area contributed by atoms with Crippen molar-refractivity contribution in [3.05, 3.63) is 35.9 Å². The molecule has 11 nitrogen and oxygen atoms in total. The predicted molar refractivity (Wildman–Crippen MR) is 111 cm³/mol. The number of carbonyl (C=O) groups excluding carboxylic acids is 3. The molecule has 2 rings (SSSR count). The first-order chi connectivity index (χ1) is 15.3. The smallest absolute Gasteiger partial charge is 0.407 e. The van der Waals surface area contributed by atoms with Crippen LogP contribution in [0.3, 0.4) is 0 Å². The summed E-state index contributed by atoms with van der Waals surface area (Å²) in [5, 5.41) is 22.6. The van der Waals surface area contributed by atoms with E-state index in [9.17, 15) is 29.1 Å². The molecule has 1 aliphatic rings. The van der Waals surface area contributed by atoms with E-state index in [1.807, 2.05) is 6.07 Å². The molecule has 2 amide bonds. The van der Waals surface area contributed by atoms with Crippen molar-refractivity contribution in [3.8, 4) is 0 Å². The van der Waals surface area contributed by atoms with Crippen LogP contribution < -0.4 is 10.6 Å². The van der Waals surface area contributed by atoms with Gasteiger partial charge in [0.2, 0.25) is 5.91 Å². The van der Waals surface area contributed by atoms with Crippen LogP contribution in [0.25, 0.3) is 0 Å². The number of carboxylic acid groups (broad SMARTS) is 2. The third-order valence-corrected chi connectivity index (χ3v) is 4.94. The van der Waals surface area contributed by atoms with Crippen LogP contribution in [0.5, 0.6) is 0 Å². The fraction of sp³-hybridized carbons (Fsp3) is 0.476. The number of carbonyl (C=O) groups is 5. The van der Waals surface area contributed by atoms with E-state index in [4.69, 9.17) is 9.84 Å². The second-order valence-electron chi connectivity index (χ2n) is 7.36. The topological polar surface area (TPSA) is 162 Å². The quantitative estimate of drug-likeness (QED) is 0.330. The first kappa shape index (κ1) is 24.8. The van der Waals surface area contributed by atoms with Gasteiger partial charge in [0.25, 0.3) is 0 Å². The Morgan fingerprint density at radius 1 is 1.03 bits per heavy atom. The summed E-state index contributed by atoms with van der Waals surface area (Å²) in [5.74, 6) is -4.05. The molecule has 1 aromatic rings. The molecule has 0 saturated carbocycles. The highest BCUT2D eigenvalue weighted by atomic mass is 16.5. The summed E-state index contributed by atoms with van der Waals surface area (Å²) < 4.78 is 5.04. The van der Waals surface area contributed by atoms with Crippen molar-refractivity contribution in [3.63, 3.8) is 0 Å². The fourth-order valence-electron chi connectivity index (χ4n) is 3.32. The number of ketones is 1. The number of hydrogen-bond acceptors (Lipinski definition) is 7. The number of likely N-dealkylation sites (tertiary alicyclic amines) is 1. The molecule has 0 radical (unpaired) electrons. The number of aliphatic carboxylic acids is 2. The minimum atomic E-state index is -1.44. The Hall–Kier alpha value is -3.47. The maximum atomic E-state index is 12.8. The van der Waals surface area contributed by atoms with E-state index in [-0.39, 0.29) is 13.0 Å². The summed E-state index contributed by atoms with van der Waals surface area (Å²) in [5.41, 5.74) is 0.768. The Balaban J connectivity index is 1.95. The van der Waals surface area contributed by atoms with Gasteiger partial charge >= 0.3 is 18.0 Å². The molecule has 4 N–H and O–H groups in total. The number of carboxylic acids is 2. The van der Waals surface area contributed by atoms with Crippen LogP contribution in [0.15, 0.2) is 30.3 Å². The first-order valence-electron chi connectivity index (χ1n) is 10.2. The monoisotopic (exact) mass is 449 g/mol. The molecule has 0 spiro atoms. The number of Topliss-reactive ketones (excluding diaryl/α,β-unsaturated/α-hetero) is 1. The second-order valence-corrected chi connectivity index (χ2v) is 7.36. The lowest BCUT2D eigenvalue weighted by atomic mass is 10.1. The van der Waals surface area contributed by atoms with Crippen molar-refractivity contribution in [2.24, 2.45) is 0 Å². The third kappa shape index (κ3) is 7.99. The van der Waals surface area contributed by atoms with Crippen molar-refractivity contribution in [1.29, 1.82) is 0 Å². The number of nitrogens with one attached hydrogen (secondary N) is 2. The summed E-state index contributed by atoms with van der Waals surface area (Å²) in [6.45, 7) is 0.472. The summed E-state index contributed by atoms with van der Waals surface area (Å²) in [7, 11) is 0. The van der Waals surface area contributed by atoms with Gasteiger partial charge in [-0.15, -0.1) is 0 Å². The van der Waals surface area contributed by atoms with E-state index in [2.05, 4.69) is 10.6 Å². The standard InChI is InChI=1S/C21H27N3O8/c25-16(12-22-21(31)32-13-14-6-2-1-3-7-14)18(24-10-4-5-11-24)19(28)23-15(20(29)30)8-9-17(26)27/h1-3,6-7,15,18H,4-5,8-13H2,(H,22,31)(H,23,28)(H,26,27)(H,29,30)/t15-,18?/m0/s1. The maximum absolute atomic E-state index is 12.8. The molecule has 2 atom stereocenters. The summed E-state index contributed by atoms with van der Waals surface area (Å²) in [6.07, 6.45) is -0.0567. The molecule has 0 aromatic heterocycles. The average Bonchev–Trinajstić information content (AvgIpc) is 3.28. The molecule has 11 heteroatoms. The Bertz CT molecular complexity index is 824. The van der Waals surface area contributed by atoms with Gasteiger partial charge in [-0.2, -0.15) is 0 Å². The summed E-state index contributed by atoms with van der Waals surface area (Å²) >= 11 is 0. The van der Waals surface area contributed by atoms with Crippen LogP contribution in [0.4, 0.5) is 4.79 Å². The van der Waals surface area contributed by atoms with Gasteiger partial charge in [0, 0.05) is 6.42 Å². The summed E-state index contributed by atoms with van der Waals surface area (Å²) in [6, 6.07) is 6.21. The zero-order valence-electron chi connectivity index (χ0n) is 17.5. The predicted octanol–water partition coefficient (Wildman–Crippen LogP) is 0.381. The molecule has 1 aromatic carbocycles. The number of ether oxygens (including phenoxy) is 1. The van der Waals surface area contributed by atoms with Crippen LogP contribution in [0, 0.1) is 0 Å². The van der Waals surface area contributed by atoms with E-state index in [0.29, 0.717) is 13.1 Å². The number of nitrogens with zero attached hydrogens (tertiary/aromatic N) is 1. The van der Waals surface area contributed by atoms with Crippen LogP contribution >= 0.6 is 0 Å². The van der Waals surface area contributed by atoms with Gasteiger partial charge < -0.3 is 25.6 Å². The Kier molecular flexibility index (Phi) is 9.61. The second kappa shape index (κ2) is 12.4. The molecular formula is C21H27N3O8. The third-order valence-electron chi connectivity index (χ3n) is 4.94. The lowest BCUT2D eigenvalue weighted by Crippen LogP contribution is -2.56. The van der Waals surface area contributed by atoms with E-state index >= 15 is 0 Å². The van der Waals surface area contributed by atoms with Crippen molar-refractivity contribution in [2.75, 3.05) is 19.6 Å². The van der Waals surface area contributed by atoms with Gasteiger partial charge in [0.1, 0.15) is 12.6 Å². The van der Waals surface area contributed by atoms with Gasteiger partial charge in [0.05, 0.1) is 6.54 Å². The highest BCUT2D eigenvalue weighted by Crippen LogP contribution is 2.13. The van der Waals surface area contributed by atoms with Gasteiger partial charge in [-0.05, 0) is 37.9 Å². The molecule has 1 fully saturated rings. The van der Waals surface area contributed by atoms with Gasteiger partial charge in [0.15, 0.2) is 11.8 Å². The Labute approximate surface area is 184 Å². The van der Waals surface area contributed by atoms with Crippen molar-refractivity contribution in [2.45, 2.75) is 44.4 Å². The molecule has 0 aliphatic carbocycles. The zero-order valence-corrected chi connectivity index (χ0v) is 17.5. The maximum Gasteiger partial charge on any atom is 0.407 e. The van der Waals surface area contributed by atoms with Gasteiger partial charge in [-0.1, -0.05) is 30.3 Å². The normalized spacial score (nSPS) is 15.4. The lowest BCUT2D eigenvalue weighted by Gasteiger charge is -2.26. The molecule has 1 saturated heterocycles. The van der Waals surface area contributed by atoms with Crippen molar-refractivity contribution >= 4 is 29.7 Å². The van der Waals surface area contributed by atoms with E-state index < -0.39 is 54.8 Å². The Morgan fingerprint density at radius 2 is 1.69 bits per heavy atom. The highest BCUT2D eigenvalue weighted by molar-refractivity contribution is 6.07. The van der Waals surface area contributed by atoms with Crippen LogP contribution in [0.1, 0.15) is 31.2 Å². The van der Waals surface area contributed by atoms with Crippen molar-refractivity contribution in [1.82, 2.24) is 15.5 Å². The molecule has 32 heavy (non-hydrogen) atoms. The molecule has 1 aliphatic heterocycles. The van der Waals surface area contributed by atoms with Crippen LogP contribution in [-0.4, -0.2) is 76.6 Å². The van der Waals surface area contributed by atoms with Crippen LogP contribution in [-0.2, 0) is 30.5 Å². The number of amides is 2. The summed E-state index contributed by atoms with van der Waals surface area (Å²) in [4.78, 5) is 61.2. The average molecular weight is 449 g/mol. The van der Waals surface area contributed by atoms with Crippen molar-refractivity contribution < 1.29 is 38.9 Å². The minimum absolute atomic E-state index is 0.0147. The fourth-order valence-corrected chi connectivity index (χ4v) is 3.32. The van der Waals surface area contributed by atoms with Gasteiger partial charge in [-0.3, -0.25) is 19.3 Å². The van der Waals surface area contributed by atoms with E-state index in [1.54, 1.807) is 29.2 Å². The minimum Gasteiger partial charge on any atom is -0.481 e. The molecule has 0 bridgehead atoms. The van der Waals surface area contributed by atoms with E-state index in [0.717, 1.165) is 18.4 Å². The number of hydrogen-bond donors (Lipinski definition) is 4. The molecule has 174 valence electrons. The Morgan fingerprint density at radius 3 is 2.28 bits per heavy atom. The number of alkyl carbamates (subject to hydrolysis) is 1. The lowest BCUT2D eigenvalue weighted by molar-refractivity contribution is -0.145. The number of benzene rings is 1. The first-order valence-corrected chi connectivity index (χ1v) is 10.2. The number of rotatable bonds is 12. The van der Waals surface area contributed by atoms with Crippen LogP contribution in [0.2, 0.25) is 0 Å². The largest absolute Gasteiger partial charge is 0.481 e. The van der Waals surface area contributed by atoms with E-state index in [1.165, 1.54) is 0 Å². The highest BCUT2D eigenvalue weighted by Gasteiger charge is 2.36. The van der Waals surface area contributed by atoms with Gasteiger partial charge in [-0.25, -0.2) is 9.59 Å². The molecule has 1 heterocycles. The zero-order chi connectivity index (χ0) is 23.5. The SMILES string of the molecule is O=C(O)CC[C@H](NC(=O)C(C(=O)CNC(=O)OCc1ccccc1)N1CCCC1)C(=O)O. The molecular weight excluding hydrogens is 422 g/mol. The molecule has 1 unspecified atom stereocenters.